The van der Waals surface area contributed by atoms with Crippen LogP contribution in [0.4, 0.5) is 0 Å². The lowest BCUT2D eigenvalue weighted by atomic mass is 10.2. The first-order valence-corrected chi connectivity index (χ1v) is 7.76. The van der Waals surface area contributed by atoms with E-state index < -0.39 is 0 Å². The molecule has 1 amide bonds. The predicted octanol–water partition coefficient (Wildman–Crippen LogP) is 2.85. The Morgan fingerprint density at radius 2 is 2.23 bits per heavy atom. The molecular weight excluding hydrogens is 300 g/mol. The molecule has 0 fully saturated rings. The average Bonchev–Trinajstić information content (AvgIpc) is 3.01. The Balaban J connectivity index is 1.94. The summed E-state index contributed by atoms with van der Waals surface area (Å²) >= 11 is 1.55. The minimum Gasteiger partial charge on any atom is -0.493 e. The molecule has 5 nitrogen and oxygen atoms in total. The summed E-state index contributed by atoms with van der Waals surface area (Å²) in [6.45, 7) is 2.46. The van der Waals surface area contributed by atoms with Gasteiger partial charge in [0, 0.05) is 4.88 Å². The molecule has 0 saturated heterocycles. The smallest absolute Gasteiger partial charge is 0.245 e. The van der Waals surface area contributed by atoms with E-state index in [1.54, 1.807) is 30.7 Å². The average molecular weight is 318 g/mol. The lowest BCUT2D eigenvalue weighted by Crippen LogP contribution is -2.19. The van der Waals surface area contributed by atoms with Crippen LogP contribution in [0.25, 0.3) is 0 Å². The number of hydrogen-bond donors (Lipinski definition) is 1. The second kappa shape index (κ2) is 8.19. The maximum atomic E-state index is 11.7. The van der Waals surface area contributed by atoms with Gasteiger partial charge in [-0.05, 0) is 42.1 Å². The molecule has 0 saturated carbocycles. The first-order chi connectivity index (χ1) is 10.7. The fourth-order valence-electron chi connectivity index (χ4n) is 1.83. The molecule has 1 aromatic carbocycles. The van der Waals surface area contributed by atoms with Gasteiger partial charge in [-0.2, -0.15) is 5.10 Å². The van der Waals surface area contributed by atoms with Crippen LogP contribution in [0.2, 0.25) is 0 Å². The zero-order valence-corrected chi connectivity index (χ0v) is 13.4. The van der Waals surface area contributed by atoms with Gasteiger partial charge in [-0.25, -0.2) is 5.43 Å². The van der Waals surface area contributed by atoms with Gasteiger partial charge in [-0.15, -0.1) is 11.3 Å². The number of thiophene rings is 1. The highest BCUT2D eigenvalue weighted by Crippen LogP contribution is 2.27. The molecular formula is C16H18N2O3S. The van der Waals surface area contributed by atoms with Crippen LogP contribution < -0.4 is 14.9 Å². The Morgan fingerprint density at radius 1 is 1.36 bits per heavy atom. The Hall–Kier alpha value is -2.34. The summed E-state index contributed by atoms with van der Waals surface area (Å²) in [6, 6.07) is 9.31. The predicted molar refractivity (Wildman–Crippen MR) is 87.9 cm³/mol. The fraction of sp³-hybridized carbons (Fsp3) is 0.250. The monoisotopic (exact) mass is 318 g/mol. The molecule has 2 aromatic rings. The number of hydrogen-bond acceptors (Lipinski definition) is 5. The maximum Gasteiger partial charge on any atom is 0.245 e. The van der Waals surface area contributed by atoms with Crippen LogP contribution in [-0.2, 0) is 11.2 Å². The molecule has 1 aromatic heterocycles. The van der Waals surface area contributed by atoms with E-state index in [2.05, 4.69) is 10.5 Å². The largest absolute Gasteiger partial charge is 0.493 e. The zero-order valence-electron chi connectivity index (χ0n) is 12.5. The van der Waals surface area contributed by atoms with Crippen molar-refractivity contribution in [3.8, 4) is 11.5 Å². The standard InChI is InChI=1S/C16H18N2O3S/c1-3-21-15-9-12(6-7-14(15)20-2)11-17-18-16(19)10-13-5-4-8-22-13/h4-9,11H,3,10H2,1-2H3,(H,18,19)/b17-11-. The van der Waals surface area contributed by atoms with Crippen molar-refractivity contribution in [3.05, 3.63) is 46.2 Å². The van der Waals surface area contributed by atoms with Crippen LogP contribution in [0, 0.1) is 0 Å². The molecule has 0 bridgehead atoms. The third-order valence-electron chi connectivity index (χ3n) is 2.81. The number of carbonyl (C=O) groups excluding carboxylic acids is 1. The third kappa shape index (κ3) is 4.60. The van der Waals surface area contributed by atoms with Crippen LogP contribution >= 0.6 is 11.3 Å². The van der Waals surface area contributed by atoms with Crippen LogP contribution in [0.15, 0.2) is 40.8 Å². The topological polar surface area (TPSA) is 59.9 Å². The first kappa shape index (κ1) is 16.0. The van der Waals surface area contributed by atoms with Gasteiger partial charge < -0.3 is 9.47 Å². The van der Waals surface area contributed by atoms with Gasteiger partial charge in [0.05, 0.1) is 26.4 Å². The van der Waals surface area contributed by atoms with Crippen molar-refractivity contribution in [2.24, 2.45) is 5.10 Å². The summed E-state index contributed by atoms with van der Waals surface area (Å²) in [4.78, 5) is 12.7. The van der Waals surface area contributed by atoms with Gasteiger partial charge in [-0.1, -0.05) is 6.07 Å². The molecule has 1 N–H and O–H groups in total. The molecule has 1 heterocycles. The molecule has 116 valence electrons. The van der Waals surface area contributed by atoms with Gasteiger partial charge in [0.2, 0.25) is 5.91 Å². The van der Waals surface area contributed by atoms with Crippen molar-refractivity contribution < 1.29 is 14.3 Å². The summed E-state index contributed by atoms with van der Waals surface area (Å²) in [7, 11) is 1.59. The van der Waals surface area contributed by atoms with E-state index in [0.717, 1.165) is 10.4 Å². The van der Waals surface area contributed by atoms with Gasteiger partial charge in [0.1, 0.15) is 0 Å². The lowest BCUT2D eigenvalue weighted by Gasteiger charge is -2.09. The number of ether oxygens (including phenoxy) is 2. The minimum atomic E-state index is -0.141. The highest BCUT2D eigenvalue weighted by atomic mass is 32.1. The van der Waals surface area contributed by atoms with Crippen LogP contribution in [-0.4, -0.2) is 25.8 Å². The van der Waals surface area contributed by atoms with E-state index in [-0.39, 0.29) is 5.91 Å². The Bertz CT molecular complexity index is 639. The first-order valence-electron chi connectivity index (χ1n) is 6.88. The normalized spacial score (nSPS) is 10.6. The summed E-state index contributed by atoms with van der Waals surface area (Å²) in [5.41, 5.74) is 3.33. The van der Waals surface area contributed by atoms with Crippen molar-refractivity contribution >= 4 is 23.5 Å². The number of rotatable bonds is 7. The van der Waals surface area contributed by atoms with E-state index in [4.69, 9.17) is 9.47 Å². The molecule has 6 heteroatoms. The highest BCUT2D eigenvalue weighted by molar-refractivity contribution is 7.10. The number of hydrazone groups is 1. The SMILES string of the molecule is CCOc1cc(/C=N\NC(=O)Cc2cccs2)ccc1OC. The molecule has 0 radical (unpaired) electrons. The maximum absolute atomic E-state index is 11.7. The van der Waals surface area contributed by atoms with E-state index in [1.165, 1.54) is 0 Å². The molecule has 0 atom stereocenters. The Kier molecular flexibility index (Phi) is 5.97. The molecule has 0 spiro atoms. The highest BCUT2D eigenvalue weighted by Gasteiger charge is 2.05. The van der Waals surface area contributed by atoms with Crippen molar-refractivity contribution in [1.82, 2.24) is 5.43 Å². The molecule has 0 unspecified atom stereocenters. The molecule has 0 aliphatic rings. The van der Waals surface area contributed by atoms with Gasteiger partial charge in [0.15, 0.2) is 11.5 Å². The number of amides is 1. The molecule has 0 aliphatic heterocycles. The van der Waals surface area contributed by atoms with Crippen molar-refractivity contribution in [2.75, 3.05) is 13.7 Å². The van der Waals surface area contributed by atoms with Crippen LogP contribution in [0.3, 0.4) is 0 Å². The number of nitrogens with one attached hydrogen (secondary N) is 1. The Morgan fingerprint density at radius 3 is 2.91 bits per heavy atom. The summed E-state index contributed by atoms with van der Waals surface area (Å²) < 4.78 is 10.7. The third-order valence-corrected chi connectivity index (χ3v) is 3.68. The quantitative estimate of drug-likeness (QED) is 0.631. The number of carbonyl (C=O) groups is 1. The van der Waals surface area contributed by atoms with E-state index >= 15 is 0 Å². The van der Waals surface area contributed by atoms with Crippen LogP contribution in [0.1, 0.15) is 17.4 Å². The number of nitrogens with zero attached hydrogens (tertiary/aromatic N) is 1. The number of benzene rings is 1. The zero-order chi connectivity index (χ0) is 15.8. The van der Waals surface area contributed by atoms with Gasteiger partial charge >= 0.3 is 0 Å². The molecule has 2 rings (SSSR count). The number of methoxy groups -OCH3 is 1. The molecule has 0 aliphatic carbocycles. The van der Waals surface area contributed by atoms with Crippen LogP contribution in [0.5, 0.6) is 11.5 Å². The van der Waals surface area contributed by atoms with E-state index in [1.807, 2.05) is 36.6 Å². The molecule has 22 heavy (non-hydrogen) atoms. The van der Waals surface area contributed by atoms with Crippen molar-refractivity contribution in [3.63, 3.8) is 0 Å². The van der Waals surface area contributed by atoms with E-state index in [0.29, 0.717) is 24.5 Å². The second-order valence-electron chi connectivity index (χ2n) is 4.39. The lowest BCUT2D eigenvalue weighted by molar-refractivity contribution is -0.120. The Labute approximate surface area is 133 Å². The van der Waals surface area contributed by atoms with Gasteiger partial charge in [0.25, 0.3) is 0 Å². The minimum absolute atomic E-state index is 0.141. The fourth-order valence-corrected chi connectivity index (χ4v) is 2.54. The van der Waals surface area contributed by atoms with Crippen molar-refractivity contribution in [1.29, 1.82) is 0 Å². The van der Waals surface area contributed by atoms with E-state index in [9.17, 15) is 4.79 Å². The summed E-state index contributed by atoms with van der Waals surface area (Å²) in [5, 5.41) is 5.91. The summed E-state index contributed by atoms with van der Waals surface area (Å²) in [5.74, 6) is 1.18. The van der Waals surface area contributed by atoms with Gasteiger partial charge in [-0.3, -0.25) is 4.79 Å². The second-order valence-corrected chi connectivity index (χ2v) is 5.42. The van der Waals surface area contributed by atoms with Crippen molar-refractivity contribution in [2.45, 2.75) is 13.3 Å². The summed E-state index contributed by atoms with van der Waals surface area (Å²) in [6.07, 6.45) is 1.91.